The molecule has 0 aromatic carbocycles. The fourth-order valence-corrected chi connectivity index (χ4v) is 2.02. The number of hydrogen-bond donors (Lipinski definition) is 5. The van der Waals surface area contributed by atoms with E-state index in [-0.39, 0.29) is 21.2 Å². The van der Waals surface area contributed by atoms with E-state index >= 15 is 0 Å². The fraction of sp³-hybridized carbons (Fsp3) is 1.00. The maximum Gasteiger partial charge on any atom is 0.0902 e. The first-order chi connectivity index (χ1) is 6.45. The van der Waals surface area contributed by atoms with Crippen molar-refractivity contribution in [2.24, 2.45) is 0 Å². The van der Waals surface area contributed by atoms with Gasteiger partial charge in [0, 0.05) is 10.5 Å². The molecular weight excluding hydrogens is 254 g/mol. The van der Waals surface area contributed by atoms with Crippen LogP contribution in [0.4, 0.5) is 0 Å². The van der Waals surface area contributed by atoms with Gasteiger partial charge in [0.25, 0.3) is 0 Å². The zero-order chi connectivity index (χ0) is 11.3. The summed E-state index contributed by atoms with van der Waals surface area (Å²) in [4.78, 5) is 0. The molecule has 0 radical (unpaired) electrons. The molecule has 2 nitrogen and oxygen atoms in total. The highest BCUT2D eigenvalue weighted by molar-refractivity contribution is 7.86. The molecule has 0 aromatic rings. The van der Waals surface area contributed by atoms with Crippen molar-refractivity contribution in [3.8, 4) is 0 Å². The first-order valence-corrected chi connectivity index (χ1v) is 6.71. The fourth-order valence-electron chi connectivity index (χ4n) is 0.931. The molecular formula is C8H19NOS4. The van der Waals surface area contributed by atoms with Crippen molar-refractivity contribution in [2.45, 2.75) is 47.9 Å². The van der Waals surface area contributed by atoms with E-state index in [1.54, 1.807) is 0 Å². The van der Waals surface area contributed by atoms with Gasteiger partial charge in [-0.15, -0.1) is 0 Å². The maximum absolute atomic E-state index is 9.77. The first kappa shape index (κ1) is 15.3. The van der Waals surface area contributed by atoms with Crippen LogP contribution in [0.3, 0.4) is 0 Å². The summed E-state index contributed by atoms with van der Waals surface area (Å²) in [7, 11) is 0. The van der Waals surface area contributed by atoms with Crippen LogP contribution in [-0.4, -0.2) is 31.5 Å². The minimum Gasteiger partial charge on any atom is -0.312 e. The number of hydrogen-bond acceptors (Lipinski definition) is 6. The van der Waals surface area contributed by atoms with Crippen molar-refractivity contribution in [2.75, 3.05) is 0 Å². The zero-order valence-corrected chi connectivity index (χ0v) is 12.0. The van der Waals surface area contributed by atoms with E-state index < -0.39 is 0 Å². The van der Waals surface area contributed by atoms with E-state index in [0.29, 0.717) is 0 Å². The standard InChI is InChI=1S/C8H19NOS4/c1-3-5(11)7(13)9(10)8(14)6(12)4-2/h5-8,10-14H,3-4H2,1-2H3. The molecule has 86 valence electrons. The normalized spacial score (nSPS) is 20.6. The summed E-state index contributed by atoms with van der Waals surface area (Å²) in [5.74, 6) is 0. The molecule has 0 rings (SSSR count). The number of nitrogens with zero attached hydrogens (tertiary/aromatic N) is 1. The Labute approximate surface area is 108 Å². The average Bonchev–Trinajstić information content (AvgIpc) is 2.23. The minimum absolute atomic E-state index is 0.0235. The van der Waals surface area contributed by atoms with Gasteiger partial charge in [-0.3, -0.25) is 0 Å². The van der Waals surface area contributed by atoms with Gasteiger partial charge in [0.15, 0.2) is 0 Å². The molecule has 0 amide bonds. The van der Waals surface area contributed by atoms with Gasteiger partial charge in [-0.05, 0) is 12.8 Å². The summed E-state index contributed by atoms with van der Waals surface area (Å²) in [6.45, 7) is 4.00. The lowest BCUT2D eigenvalue weighted by Gasteiger charge is -2.32. The quantitative estimate of drug-likeness (QED) is 0.292. The lowest BCUT2D eigenvalue weighted by molar-refractivity contribution is -0.110. The Morgan fingerprint density at radius 2 is 1.21 bits per heavy atom. The van der Waals surface area contributed by atoms with Crippen molar-refractivity contribution in [1.29, 1.82) is 0 Å². The smallest absolute Gasteiger partial charge is 0.0902 e. The van der Waals surface area contributed by atoms with Gasteiger partial charge in [-0.25, -0.2) is 0 Å². The Kier molecular flexibility index (Phi) is 8.28. The van der Waals surface area contributed by atoms with Gasteiger partial charge >= 0.3 is 0 Å². The monoisotopic (exact) mass is 273 g/mol. The minimum atomic E-state index is -0.313. The molecule has 0 aliphatic rings. The van der Waals surface area contributed by atoms with E-state index in [2.05, 4.69) is 50.5 Å². The third-order valence-electron chi connectivity index (χ3n) is 2.07. The summed E-state index contributed by atoms with van der Waals surface area (Å²) in [5, 5.41) is 10.3. The summed E-state index contributed by atoms with van der Waals surface area (Å²) in [5.41, 5.74) is 0. The third-order valence-corrected chi connectivity index (χ3v) is 5.03. The van der Waals surface area contributed by atoms with Gasteiger partial charge in [0.05, 0.1) is 10.7 Å². The third kappa shape index (κ3) is 4.45. The lowest BCUT2D eigenvalue weighted by Crippen LogP contribution is -2.43. The van der Waals surface area contributed by atoms with E-state index in [4.69, 9.17) is 0 Å². The van der Waals surface area contributed by atoms with E-state index in [1.165, 1.54) is 0 Å². The Morgan fingerprint density at radius 3 is 1.43 bits per heavy atom. The van der Waals surface area contributed by atoms with Crippen LogP contribution in [0.15, 0.2) is 0 Å². The Bertz CT molecular complexity index is 144. The summed E-state index contributed by atoms with van der Waals surface area (Å²) in [6, 6.07) is 0. The number of hydroxylamine groups is 2. The van der Waals surface area contributed by atoms with Crippen molar-refractivity contribution < 1.29 is 5.21 Å². The summed E-state index contributed by atoms with van der Waals surface area (Å²) < 4.78 is 0. The molecule has 0 bridgehead atoms. The van der Waals surface area contributed by atoms with Crippen LogP contribution in [0.25, 0.3) is 0 Å². The molecule has 0 heterocycles. The van der Waals surface area contributed by atoms with Crippen molar-refractivity contribution in [1.82, 2.24) is 5.06 Å². The van der Waals surface area contributed by atoms with Crippen LogP contribution in [0.5, 0.6) is 0 Å². The lowest BCUT2D eigenvalue weighted by atomic mass is 10.3. The van der Waals surface area contributed by atoms with Crippen LogP contribution in [0, 0.1) is 0 Å². The van der Waals surface area contributed by atoms with E-state index in [9.17, 15) is 5.21 Å². The molecule has 0 aliphatic heterocycles. The molecule has 0 saturated heterocycles. The molecule has 0 saturated carbocycles. The molecule has 0 aromatic heterocycles. The van der Waals surface area contributed by atoms with Crippen LogP contribution >= 0.6 is 50.5 Å². The molecule has 14 heavy (non-hydrogen) atoms. The van der Waals surface area contributed by atoms with Crippen LogP contribution in [-0.2, 0) is 0 Å². The first-order valence-electron chi connectivity index (χ1n) is 4.65. The predicted octanol–water partition coefficient (Wildman–Crippen LogP) is 2.61. The van der Waals surface area contributed by atoms with Crippen molar-refractivity contribution in [3.05, 3.63) is 0 Å². The van der Waals surface area contributed by atoms with Crippen LogP contribution in [0.2, 0.25) is 0 Å². The molecule has 4 unspecified atom stereocenters. The topological polar surface area (TPSA) is 23.5 Å². The molecule has 6 heteroatoms. The van der Waals surface area contributed by atoms with Gasteiger partial charge < -0.3 is 5.21 Å². The maximum atomic E-state index is 9.77. The van der Waals surface area contributed by atoms with Crippen LogP contribution < -0.4 is 0 Å². The Morgan fingerprint density at radius 1 is 0.929 bits per heavy atom. The summed E-state index contributed by atoms with van der Waals surface area (Å²) >= 11 is 17.2. The summed E-state index contributed by atoms with van der Waals surface area (Å²) in [6.07, 6.45) is 1.69. The second-order valence-corrected chi connectivity index (χ2v) is 5.54. The SMILES string of the molecule is CCC(S)C(S)N(O)C(S)C(S)CC. The highest BCUT2D eigenvalue weighted by atomic mass is 32.1. The van der Waals surface area contributed by atoms with Crippen LogP contribution in [0.1, 0.15) is 26.7 Å². The highest BCUT2D eigenvalue weighted by Gasteiger charge is 2.27. The number of rotatable bonds is 6. The van der Waals surface area contributed by atoms with Crippen molar-refractivity contribution >= 4 is 50.5 Å². The van der Waals surface area contributed by atoms with E-state index in [1.807, 2.05) is 13.8 Å². The predicted molar refractivity (Wildman–Crippen MR) is 75.3 cm³/mol. The molecule has 1 N–H and O–H groups in total. The van der Waals surface area contributed by atoms with Crippen molar-refractivity contribution in [3.63, 3.8) is 0 Å². The van der Waals surface area contributed by atoms with Gasteiger partial charge in [0.1, 0.15) is 0 Å². The highest BCUT2D eigenvalue weighted by Crippen LogP contribution is 2.23. The Hall–Kier alpha value is 1.32. The van der Waals surface area contributed by atoms with Gasteiger partial charge in [-0.2, -0.15) is 55.6 Å². The van der Waals surface area contributed by atoms with Gasteiger partial charge in [-0.1, -0.05) is 13.8 Å². The second kappa shape index (κ2) is 7.57. The molecule has 0 fully saturated rings. The molecule has 0 aliphatic carbocycles. The Balaban J connectivity index is 4.22. The molecule has 0 spiro atoms. The largest absolute Gasteiger partial charge is 0.312 e. The number of thiol groups is 4. The second-order valence-electron chi connectivity index (χ2n) is 3.16. The zero-order valence-electron chi connectivity index (χ0n) is 8.41. The molecule has 4 atom stereocenters. The van der Waals surface area contributed by atoms with E-state index in [0.717, 1.165) is 17.9 Å². The average molecular weight is 274 g/mol. The van der Waals surface area contributed by atoms with Gasteiger partial charge in [0.2, 0.25) is 0 Å².